The summed E-state index contributed by atoms with van der Waals surface area (Å²) in [5.41, 5.74) is 3.85. The topological polar surface area (TPSA) is 21.3 Å². The maximum atomic E-state index is 6.16. The molecule has 1 aromatic carbocycles. The molecule has 104 valence electrons. The molecule has 19 heavy (non-hydrogen) atoms. The predicted molar refractivity (Wildman–Crippen MR) is 80.5 cm³/mol. The van der Waals surface area contributed by atoms with Crippen LogP contribution in [0.25, 0.3) is 0 Å². The number of hydrogen-bond acceptors (Lipinski definition) is 2. The summed E-state index contributed by atoms with van der Waals surface area (Å²) < 4.78 is 5.50. The van der Waals surface area contributed by atoms with E-state index in [1.165, 1.54) is 16.7 Å². The molecule has 0 radical (unpaired) electrons. The molecule has 0 amide bonds. The molecule has 1 aromatic rings. The number of ether oxygens (including phenoxy) is 1. The molecule has 2 rings (SSSR count). The maximum absolute atomic E-state index is 6.16. The van der Waals surface area contributed by atoms with E-state index in [4.69, 9.17) is 16.3 Å². The molecular formula is C16H22ClNO. The summed E-state index contributed by atoms with van der Waals surface area (Å²) in [6, 6.07) is 6.32. The van der Waals surface area contributed by atoms with E-state index < -0.39 is 0 Å². The summed E-state index contributed by atoms with van der Waals surface area (Å²) in [6.07, 6.45) is 5.23. The Morgan fingerprint density at radius 3 is 2.95 bits per heavy atom. The van der Waals surface area contributed by atoms with E-state index >= 15 is 0 Å². The molecule has 3 heteroatoms. The van der Waals surface area contributed by atoms with E-state index in [2.05, 4.69) is 31.3 Å². The summed E-state index contributed by atoms with van der Waals surface area (Å²) in [4.78, 5) is 0. The van der Waals surface area contributed by atoms with Gasteiger partial charge in [0.05, 0.1) is 18.9 Å². The van der Waals surface area contributed by atoms with E-state index in [0.717, 1.165) is 37.4 Å². The molecule has 0 aliphatic carbocycles. The van der Waals surface area contributed by atoms with Gasteiger partial charge in [0.15, 0.2) is 0 Å². The first-order chi connectivity index (χ1) is 9.22. The fourth-order valence-electron chi connectivity index (χ4n) is 2.45. The summed E-state index contributed by atoms with van der Waals surface area (Å²) >= 11 is 6.16. The summed E-state index contributed by atoms with van der Waals surface area (Å²) in [5, 5.41) is 4.41. The van der Waals surface area contributed by atoms with Crippen LogP contribution in [0.4, 0.5) is 0 Å². The Hall–Kier alpha value is -0.990. The fraction of sp³-hybridized carbons (Fsp3) is 0.500. The number of benzene rings is 1. The van der Waals surface area contributed by atoms with Crippen LogP contribution in [0.15, 0.2) is 30.0 Å². The second kappa shape index (κ2) is 6.97. The first-order valence-corrected chi connectivity index (χ1v) is 7.40. The van der Waals surface area contributed by atoms with Crippen molar-refractivity contribution in [3.8, 4) is 0 Å². The fourth-order valence-corrected chi connectivity index (χ4v) is 2.63. The lowest BCUT2D eigenvalue weighted by Crippen LogP contribution is -2.26. The van der Waals surface area contributed by atoms with Crippen molar-refractivity contribution in [1.82, 2.24) is 5.32 Å². The molecule has 1 N–H and O–H groups in total. The van der Waals surface area contributed by atoms with Gasteiger partial charge in [-0.3, -0.25) is 0 Å². The molecule has 1 aliphatic rings. The molecule has 0 saturated carbocycles. The number of hydrogen-bond donors (Lipinski definition) is 1. The number of halogens is 1. The lowest BCUT2D eigenvalue weighted by atomic mass is 9.92. The van der Waals surface area contributed by atoms with Crippen molar-refractivity contribution in [3.05, 3.63) is 46.2 Å². The lowest BCUT2D eigenvalue weighted by Gasteiger charge is -2.26. The Bertz CT molecular complexity index is 456. The first-order valence-electron chi connectivity index (χ1n) is 7.02. The van der Waals surface area contributed by atoms with E-state index in [1.807, 2.05) is 12.3 Å². The van der Waals surface area contributed by atoms with E-state index in [0.29, 0.717) is 0 Å². The molecule has 0 aromatic heterocycles. The standard InChI is InChI=1S/C16H22ClNO/c1-3-8-18-16(13-5-4-9-19-11-13)15-10-14(17)7-6-12(15)2/h6-7,10-11,16,18H,3-5,8-9H2,1-2H3. The van der Waals surface area contributed by atoms with Crippen LogP contribution in [0.3, 0.4) is 0 Å². The predicted octanol–water partition coefficient (Wildman–Crippen LogP) is 4.38. The van der Waals surface area contributed by atoms with Crippen LogP contribution in [0.5, 0.6) is 0 Å². The normalized spacial score (nSPS) is 16.7. The van der Waals surface area contributed by atoms with Crippen molar-refractivity contribution in [3.63, 3.8) is 0 Å². The smallest absolute Gasteiger partial charge is 0.0876 e. The Morgan fingerprint density at radius 2 is 2.26 bits per heavy atom. The molecule has 0 fully saturated rings. The summed E-state index contributed by atoms with van der Waals surface area (Å²) in [6.45, 7) is 6.14. The monoisotopic (exact) mass is 279 g/mol. The summed E-state index contributed by atoms with van der Waals surface area (Å²) in [5.74, 6) is 0. The van der Waals surface area contributed by atoms with Crippen LogP contribution < -0.4 is 5.32 Å². The van der Waals surface area contributed by atoms with Gasteiger partial charge >= 0.3 is 0 Å². The zero-order chi connectivity index (χ0) is 13.7. The zero-order valence-electron chi connectivity index (χ0n) is 11.7. The molecule has 0 bridgehead atoms. The third-order valence-corrected chi connectivity index (χ3v) is 3.72. The van der Waals surface area contributed by atoms with Crippen LogP contribution in [0.1, 0.15) is 43.4 Å². The van der Waals surface area contributed by atoms with Gasteiger partial charge in [0.2, 0.25) is 0 Å². The van der Waals surface area contributed by atoms with E-state index in [1.54, 1.807) is 0 Å². The van der Waals surface area contributed by atoms with Crippen LogP contribution in [-0.4, -0.2) is 13.2 Å². The van der Waals surface area contributed by atoms with Gasteiger partial charge in [-0.05, 0) is 61.6 Å². The SMILES string of the molecule is CCCNC(C1=COCCC1)c1cc(Cl)ccc1C. The molecule has 1 atom stereocenters. The Balaban J connectivity index is 2.30. The van der Waals surface area contributed by atoms with Gasteiger partial charge in [-0.2, -0.15) is 0 Å². The third-order valence-electron chi connectivity index (χ3n) is 3.48. The van der Waals surface area contributed by atoms with Gasteiger partial charge < -0.3 is 10.1 Å². The van der Waals surface area contributed by atoms with E-state index in [9.17, 15) is 0 Å². The first kappa shape index (κ1) is 14.4. The van der Waals surface area contributed by atoms with Gasteiger partial charge in [-0.15, -0.1) is 0 Å². The Labute approximate surface area is 120 Å². The summed E-state index contributed by atoms with van der Waals surface area (Å²) in [7, 11) is 0. The minimum Gasteiger partial charge on any atom is -0.501 e. The molecule has 1 heterocycles. The van der Waals surface area contributed by atoms with Crippen LogP contribution >= 0.6 is 11.6 Å². The Morgan fingerprint density at radius 1 is 1.42 bits per heavy atom. The van der Waals surface area contributed by atoms with Crippen molar-refractivity contribution in [1.29, 1.82) is 0 Å². The van der Waals surface area contributed by atoms with Gasteiger partial charge in [0.1, 0.15) is 0 Å². The molecular weight excluding hydrogens is 258 g/mol. The Kier molecular flexibility index (Phi) is 5.29. The van der Waals surface area contributed by atoms with Gasteiger partial charge in [-0.1, -0.05) is 24.6 Å². The average molecular weight is 280 g/mol. The highest BCUT2D eigenvalue weighted by atomic mass is 35.5. The zero-order valence-corrected chi connectivity index (χ0v) is 12.5. The van der Waals surface area contributed by atoms with Crippen molar-refractivity contribution < 1.29 is 4.74 Å². The van der Waals surface area contributed by atoms with Crippen molar-refractivity contribution in [2.45, 2.75) is 39.2 Å². The quantitative estimate of drug-likeness (QED) is 0.863. The van der Waals surface area contributed by atoms with E-state index in [-0.39, 0.29) is 6.04 Å². The van der Waals surface area contributed by atoms with Gasteiger partial charge in [-0.25, -0.2) is 0 Å². The minimum atomic E-state index is 0.221. The highest BCUT2D eigenvalue weighted by Gasteiger charge is 2.20. The van der Waals surface area contributed by atoms with Crippen molar-refractivity contribution in [2.75, 3.05) is 13.2 Å². The maximum Gasteiger partial charge on any atom is 0.0876 e. The molecule has 2 nitrogen and oxygen atoms in total. The van der Waals surface area contributed by atoms with Crippen LogP contribution in [0.2, 0.25) is 5.02 Å². The second-order valence-corrected chi connectivity index (χ2v) is 5.49. The van der Waals surface area contributed by atoms with Gasteiger partial charge in [0.25, 0.3) is 0 Å². The molecule has 1 unspecified atom stereocenters. The van der Waals surface area contributed by atoms with Crippen LogP contribution in [0, 0.1) is 6.92 Å². The van der Waals surface area contributed by atoms with Crippen molar-refractivity contribution >= 4 is 11.6 Å². The van der Waals surface area contributed by atoms with Crippen LogP contribution in [-0.2, 0) is 4.74 Å². The number of nitrogens with one attached hydrogen (secondary N) is 1. The average Bonchev–Trinajstić information content (AvgIpc) is 2.44. The van der Waals surface area contributed by atoms with Gasteiger partial charge in [0, 0.05) is 5.02 Å². The highest BCUT2D eigenvalue weighted by molar-refractivity contribution is 6.30. The molecule has 0 spiro atoms. The third kappa shape index (κ3) is 3.74. The van der Waals surface area contributed by atoms with Crippen molar-refractivity contribution in [2.24, 2.45) is 0 Å². The second-order valence-electron chi connectivity index (χ2n) is 5.06. The number of aryl methyl sites for hydroxylation is 1. The number of rotatable bonds is 5. The molecule has 0 saturated heterocycles. The molecule has 1 aliphatic heterocycles. The minimum absolute atomic E-state index is 0.221. The highest BCUT2D eigenvalue weighted by Crippen LogP contribution is 2.31. The lowest BCUT2D eigenvalue weighted by molar-refractivity contribution is 0.219. The largest absolute Gasteiger partial charge is 0.501 e.